The number of nitrogens with two attached hydrogens (primary N) is 1. The number of hydrogen-bond acceptors (Lipinski definition) is 2. The summed E-state index contributed by atoms with van der Waals surface area (Å²) >= 11 is 0. The molecular formula is C17H20N2O. The van der Waals surface area contributed by atoms with Crippen LogP contribution < -0.4 is 10.6 Å². The van der Waals surface area contributed by atoms with E-state index >= 15 is 0 Å². The van der Waals surface area contributed by atoms with Crippen molar-refractivity contribution in [2.24, 2.45) is 5.73 Å². The van der Waals surface area contributed by atoms with Crippen molar-refractivity contribution in [1.29, 1.82) is 0 Å². The topological polar surface area (TPSA) is 46.3 Å². The third-order valence-electron chi connectivity index (χ3n) is 3.30. The first kappa shape index (κ1) is 14.3. The van der Waals surface area contributed by atoms with Crippen molar-refractivity contribution < 1.29 is 4.79 Å². The fraction of sp³-hybridized carbons (Fsp3) is 0.235. The van der Waals surface area contributed by atoms with E-state index in [0.717, 1.165) is 16.8 Å². The second kappa shape index (κ2) is 6.35. The summed E-state index contributed by atoms with van der Waals surface area (Å²) in [6.07, 6.45) is 0. The zero-order chi connectivity index (χ0) is 14.5. The summed E-state index contributed by atoms with van der Waals surface area (Å²) in [5.41, 5.74) is 9.48. The Bertz CT molecular complexity index is 590. The van der Waals surface area contributed by atoms with Gasteiger partial charge in [0.05, 0.1) is 0 Å². The Labute approximate surface area is 120 Å². The molecule has 0 radical (unpaired) electrons. The molecule has 20 heavy (non-hydrogen) atoms. The Morgan fingerprint density at radius 2 is 1.70 bits per heavy atom. The van der Waals surface area contributed by atoms with Crippen LogP contribution in [0, 0.1) is 13.8 Å². The molecule has 0 heterocycles. The van der Waals surface area contributed by atoms with E-state index in [1.165, 1.54) is 0 Å². The second-order valence-electron chi connectivity index (χ2n) is 4.90. The maximum atomic E-state index is 12.7. The predicted molar refractivity (Wildman–Crippen MR) is 83.1 cm³/mol. The van der Waals surface area contributed by atoms with E-state index in [4.69, 9.17) is 5.73 Å². The van der Waals surface area contributed by atoms with Crippen LogP contribution in [0.2, 0.25) is 0 Å². The highest BCUT2D eigenvalue weighted by molar-refractivity contribution is 6.06. The van der Waals surface area contributed by atoms with E-state index in [1.807, 2.05) is 62.4 Å². The van der Waals surface area contributed by atoms with Gasteiger partial charge in [0, 0.05) is 24.3 Å². The molecule has 0 saturated heterocycles. The van der Waals surface area contributed by atoms with Crippen LogP contribution in [0.3, 0.4) is 0 Å². The molecule has 2 aromatic rings. The summed E-state index contributed by atoms with van der Waals surface area (Å²) in [5.74, 6) is -0.00949. The van der Waals surface area contributed by atoms with E-state index in [0.29, 0.717) is 18.7 Å². The first-order valence-electron chi connectivity index (χ1n) is 6.77. The highest BCUT2D eigenvalue weighted by atomic mass is 16.2. The maximum absolute atomic E-state index is 12.7. The van der Waals surface area contributed by atoms with Crippen LogP contribution >= 0.6 is 0 Å². The van der Waals surface area contributed by atoms with Crippen molar-refractivity contribution in [3.8, 4) is 0 Å². The number of anilines is 1. The van der Waals surface area contributed by atoms with Crippen LogP contribution in [-0.2, 0) is 0 Å². The first-order valence-corrected chi connectivity index (χ1v) is 6.77. The molecule has 0 aliphatic heterocycles. The molecule has 0 fully saturated rings. The lowest BCUT2D eigenvalue weighted by Gasteiger charge is -2.24. The van der Waals surface area contributed by atoms with Crippen LogP contribution in [0.5, 0.6) is 0 Å². The van der Waals surface area contributed by atoms with Crippen molar-refractivity contribution in [2.45, 2.75) is 13.8 Å². The maximum Gasteiger partial charge on any atom is 0.258 e. The van der Waals surface area contributed by atoms with Crippen molar-refractivity contribution >= 4 is 11.6 Å². The summed E-state index contributed by atoms with van der Waals surface area (Å²) in [4.78, 5) is 14.4. The number of benzene rings is 2. The molecule has 3 heteroatoms. The van der Waals surface area contributed by atoms with E-state index in [1.54, 1.807) is 4.90 Å². The lowest BCUT2D eigenvalue weighted by Crippen LogP contribution is -2.35. The Hall–Kier alpha value is -2.13. The van der Waals surface area contributed by atoms with Crippen molar-refractivity contribution in [3.63, 3.8) is 0 Å². The van der Waals surface area contributed by atoms with Gasteiger partial charge >= 0.3 is 0 Å². The Kier molecular flexibility index (Phi) is 4.53. The fourth-order valence-electron chi connectivity index (χ4n) is 2.18. The van der Waals surface area contributed by atoms with Gasteiger partial charge in [0.1, 0.15) is 0 Å². The number of amides is 1. The van der Waals surface area contributed by atoms with Gasteiger partial charge in [-0.05, 0) is 37.6 Å². The predicted octanol–water partition coefficient (Wildman–Crippen LogP) is 2.91. The Morgan fingerprint density at radius 1 is 1.05 bits per heavy atom. The molecule has 0 atom stereocenters. The van der Waals surface area contributed by atoms with E-state index < -0.39 is 0 Å². The molecular weight excluding hydrogens is 248 g/mol. The lowest BCUT2D eigenvalue weighted by molar-refractivity contribution is 0.0987. The second-order valence-corrected chi connectivity index (χ2v) is 4.90. The van der Waals surface area contributed by atoms with Crippen LogP contribution in [0.1, 0.15) is 21.5 Å². The van der Waals surface area contributed by atoms with Crippen LogP contribution in [0.25, 0.3) is 0 Å². The molecule has 0 aliphatic carbocycles. The molecule has 0 bridgehead atoms. The number of para-hydroxylation sites is 1. The molecule has 3 nitrogen and oxygen atoms in total. The molecule has 0 saturated carbocycles. The summed E-state index contributed by atoms with van der Waals surface area (Å²) in [5, 5.41) is 0. The van der Waals surface area contributed by atoms with Crippen LogP contribution in [0.4, 0.5) is 5.69 Å². The lowest BCUT2D eigenvalue weighted by atomic mass is 10.1. The molecule has 2 N–H and O–H groups in total. The van der Waals surface area contributed by atoms with Gasteiger partial charge in [-0.3, -0.25) is 4.79 Å². The van der Waals surface area contributed by atoms with Gasteiger partial charge in [0.15, 0.2) is 0 Å². The zero-order valence-electron chi connectivity index (χ0n) is 12.0. The van der Waals surface area contributed by atoms with Gasteiger partial charge in [0.2, 0.25) is 0 Å². The van der Waals surface area contributed by atoms with Gasteiger partial charge in [0.25, 0.3) is 5.91 Å². The van der Waals surface area contributed by atoms with Crippen molar-refractivity contribution in [2.75, 3.05) is 18.0 Å². The minimum atomic E-state index is -0.00949. The van der Waals surface area contributed by atoms with Crippen molar-refractivity contribution in [1.82, 2.24) is 0 Å². The third-order valence-corrected chi connectivity index (χ3v) is 3.30. The van der Waals surface area contributed by atoms with Crippen molar-refractivity contribution in [3.05, 3.63) is 65.2 Å². The van der Waals surface area contributed by atoms with Gasteiger partial charge in [-0.15, -0.1) is 0 Å². The SMILES string of the molecule is Cc1ccc(C(=O)N(CCN)c2ccccc2C)cc1. The number of rotatable bonds is 4. The summed E-state index contributed by atoms with van der Waals surface area (Å²) in [6, 6.07) is 15.5. The monoisotopic (exact) mass is 268 g/mol. The average molecular weight is 268 g/mol. The quantitative estimate of drug-likeness (QED) is 0.926. The van der Waals surface area contributed by atoms with Gasteiger partial charge < -0.3 is 10.6 Å². The smallest absolute Gasteiger partial charge is 0.258 e. The largest absolute Gasteiger partial charge is 0.329 e. The molecule has 0 aliphatic rings. The molecule has 0 spiro atoms. The highest BCUT2D eigenvalue weighted by Gasteiger charge is 2.18. The summed E-state index contributed by atoms with van der Waals surface area (Å²) in [7, 11) is 0. The number of carbonyl (C=O) groups is 1. The molecule has 1 amide bonds. The molecule has 0 aromatic heterocycles. The minimum absolute atomic E-state index is 0.00949. The molecule has 0 unspecified atom stereocenters. The number of hydrogen-bond donors (Lipinski definition) is 1. The fourth-order valence-corrected chi connectivity index (χ4v) is 2.18. The standard InChI is InChI=1S/C17H20N2O/c1-13-7-9-15(10-8-13)17(20)19(12-11-18)16-6-4-3-5-14(16)2/h3-10H,11-12,18H2,1-2H3. The highest BCUT2D eigenvalue weighted by Crippen LogP contribution is 2.21. The summed E-state index contributed by atoms with van der Waals surface area (Å²) in [6.45, 7) is 4.96. The number of nitrogens with zero attached hydrogens (tertiary/aromatic N) is 1. The van der Waals surface area contributed by atoms with E-state index in [2.05, 4.69) is 0 Å². The van der Waals surface area contributed by atoms with E-state index in [-0.39, 0.29) is 5.91 Å². The molecule has 2 rings (SSSR count). The molecule has 104 valence electrons. The Morgan fingerprint density at radius 3 is 2.30 bits per heavy atom. The summed E-state index contributed by atoms with van der Waals surface area (Å²) < 4.78 is 0. The van der Waals surface area contributed by atoms with Gasteiger partial charge in [-0.25, -0.2) is 0 Å². The van der Waals surface area contributed by atoms with Crippen LogP contribution in [-0.4, -0.2) is 19.0 Å². The Balaban J connectivity index is 2.36. The molecule has 2 aromatic carbocycles. The number of carbonyl (C=O) groups excluding carboxylic acids is 1. The van der Waals surface area contributed by atoms with Crippen LogP contribution in [0.15, 0.2) is 48.5 Å². The third kappa shape index (κ3) is 3.06. The zero-order valence-corrected chi connectivity index (χ0v) is 12.0. The van der Waals surface area contributed by atoms with Gasteiger partial charge in [-0.1, -0.05) is 35.9 Å². The van der Waals surface area contributed by atoms with E-state index in [9.17, 15) is 4.79 Å². The average Bonchev–Trinajstić information content (AvgIpc) is 2.46. The first-order chi connectivity index (χ1) is 9.63. The number of aryl methyl sites for hydroxylation is 2. The van der Waals surface area contributed by atoms with Gasteiger partial charge in [-0.2, -0.15) is 0 Å². The minimum Gasteiger partial charge on any atom is -0.329 e. The normalized spacial score (nSPS) is 10.3.